The highest BCUT2D eigenvalue weighted by atomic mass is 16.2. The number of hydrogen-bond acceptors (Lipinski definition) is 5. The van der Waals surface area contributed by atoms with E-state index in [1.54, 1.807) is 0 Å². The number of anilines is 1. The molecule has 3 heterocycles. The molecule has 6 nitrogen and oxygen atoms in total. The Hall–Kier alpha value is -1.69. The Morgan fingerprint density at radius 3 is 2.04 bits per heavy atom. The first kappa shape index (κ1) is 21.0. The highest BCUT2D eigenvalue weighted by Crippen LogP contribution is 2.28. The third-order valence-electron chi connectivity index (χ3n) is 5.67. The smallest absolute Gasteiger partial charge is 0.236 e. The lowest BCUT2D eigenvalue weighted by atomic mass is 9.90. The van der Waals surface area contributed by atoms with Gasteiger partial charge in [-0.05, 0) is 12.8 Å². The minimum atomic E-state index is -0.0834. The van der Waals surface area contributed by atoms with Crippen LogP contribution in [0.2, 0.25) is 0 Å². The summed E-state index contributed by atoms with van der Waals surface area (Å²) in [5, 5.41) is 0. The van der Waals surface area contributed by atoms with Gasteiger partial charge in [-0.2, -0.15) is 0 Å². The van der Waals surface area contributed by atoms with Gasteiger partial charge in [-0.25, -0.2) is 9.97 Å². The van der Waals surface area contributed by atoms with Crippen molar-refractivity contribution in [3.63, 3.8) is 0 Å². The maximum atomic E-state index is 12.4. The van der Waals surface area contributed by atoms with E-state index in [2.05, 4.69) is 57.4 Å². The van der Waals surface area contributed by atoms with Crippen molar-refractivity contribution in [2.45, 2.75) is 65.2 Å². The number of carbonyl (C=O) groups excluding carboxylic acids is 1. The van der Waals surface area contributed by atoms with Gasteiger partial charge in [0.05, 0.1) is 12.2 Å². The lowest BCUT2D eigenvalue weighted by Gasteiger charge is -2.36. The summed E-state index contributed by atoms with van der Waals surface area (Å²) in [6, 6.07) is 2.15. The molecule has 156 valence electrons. The molecule has 0 saturated carbocycles. The van der Waals surface area contributed by atoms with E-state index in [9.17, 15) is 4.79 Å². The van der Waals surface area contributed by atoms with Gasteiger partial charge >= 0.3 is 0 Å². The lowest BCUT2D eigenvalue weighted by Crippen LogP contribution is -2.50. The van der Waals surface area contributed by atoms with Gasteiger partial charge in [0.15, 0.2) is 0 Å². The summed E-state index contributed by atoms with van der Waals surface area (Å²) in [5.41, 5.74) is 0.996. The Bertz CT molecular complexity index is 658. The summed E-state index contributed by atoms with van der Waals surface area (Å²) in [5.74, 6) is 2.22. The number of amides is 1. The number of piperazine rings is 1. The second-order valence-electron chi connectivity index (χ2n) is 10.3. The SMILES string of the molecule is CC(C)(C)c1cc(N2CCN(CC(=O)N3CCCC3)CC2)nc(C(C)(C)C)n1. The predicted molar refractivity (Wildman–Crippen MR) is 114 cm³/mol. The molecule has 1 aromatic rings. The van der Waals surface area contributed by atoms with Crippen molar-refractivity contribution in [2.24, 2.45) is 0 Å². The van der Waals surface area contributed by atoms with Gasteiger partial charge < -0.3 is 9.80 Å². The molecule has 2 aliphatic heterocycles. The van der Waals surface area contributed by atoms with Gasteiger partial charge in [-0.15, -0.1) is 0 Å². The van der Waals surface area contributed by atoms with Crippen LogP contribution in [0.5, 0.6) is 0 Å². The molecule has 2 fully saturated rings. The van der Waals surface area contributed by atoms with Crippen LogP contribution >= 0.6 is 0 Å². The average molecular weight is 388 g/mol. The monoisotopic (exact) mass is 387 g/mol. The molecule has 3 rings (SSSR count). The summed E-state index contributed by atoms with van der Waals surface area (Å²) in [6.07, 6.45) is 2.30. The minimum Gasteiger partial charge on any atom is -0.354 e. The van der Waals surface area contributed by atoms with Crippen molar-refractivity contribution < 1.29 is 4.79 Å². The summed E-state index contributed by atoms with van der Waals surface area (Å²) < 4.78 is 0. The van der Waals surface area contributed by atoms with E-state index in [1.165, 1.54) is 0 Å². The van der Waals surface area contributed by atoms with E-state index >= 15 is 0 Å². The van der Waals surface area contributed by atoms with Crippen molar-refractivity contribution in [1.29, 1.82) is 0 Å². The first-order valence-electron chi connectivity index (χ1n) is 10.7. The van der Waals surface area contributed by atoms with Crippen molar-refractivity contribution in [2.75, 3.05) is 50.7 Å². The van der Waals surface area contributed by atoms with Crippen molar-refractivity contribution in [3.8, 4) is 0 Å². The fourth-order valence-corrected chi connectivity index (χ4v) is 3.71. The van der Waals surface area contributed by atoms with Crippen LogP contribution in [0.15, 0.2) is 6.07 Å². The summed E-state index contributed by atoms with van der Waals surface area (Å²) in [7, 11) is 0. The number of aromatic nitrogens is 2. The molecule has 1 amide bonds. The Morgan fingerprint density at radius 2 is 1.50 bits per heavy atom. The largest absolute Gasteiger partial charge is 0.354 e. The molecule has 0 bridgehead atoms. The van der Waals surface area contributed by atoms with E-state index in [-0.39, 0.29) is 16.7 Å². The second kappa shape index (κ2) is 7.97. The van der Waals surface area contributed by atoms with Crippen LogP contribution < -0.4 is 4.90 Å². The molecule has 0 radical (unpaired) electrons. The van der Waals surface area contributed by atoms with Gasteiger partial charge in [0.1, 0.15) is 11.6 Å². The Labute approximate surface area is 170 Å². The second-order valence-corrected chi connectivity index (χ2v) is 10.3. The fourth-order valence-electron chi connectivity index (χ4n) is 3.71. The first-order chi connectivity index (χ1) is 13.0. The van der Waals surface area contributed by atoms with E-state index in [0.29, 0.717) is 6.54 Å². The molecular formula is C22H37N5O. The molecule has 28 heavy (non-hydrogen) atoms. The number of rotatable bonds is 3. The van der Waals surface area contributed by atoms with Crippen molar-refractivity contribution >= 4 is 11.7 Å². The number of carbonyl (C=O) groups is 1. The first-order valence-corrected chi connectivity index (χ1v) is 10.7. The molecule has 1 aromatic heterocycles. The molecule has 2 aliphatic rings. The number of likely N-dealkylation sites (tertiary alicyclic amines) is 1. The standard InChI is InChI=1S/C22H37N5O/c1-21(2,3)17-15-18(24-20(23-17)22(4,5)6)26-13-11-25(12-14-26)16-19(28)27-9-7-8-10-27/h15H,7-14,16H2,1-6H3. The maximum Gasteiger partial charge on any atom is 0.236 e. The van der Waals surface area contributed by atoms with Crippen molar-refractivity contribution in [3.05, 3.63) is 17.6 Å². The zero-order chi connectivity index (χ0) is 20.5. The van der Waals surface area contributed by atoms with Gasteiger partial charge in [0, 0.05) is 56.2 Å². The zero-order valence-electron chi connectivity index (χ0n) is 18.6. The lowest BCUT2D eigenvalue weighted by molar-refractivity contribution is -0.131. The molecule has 0 spiro atoms. The fraction of sp³-hybridized carbons (Fsp3) is 0.773. The average Bonchev–Trinajstić information content (AvgIpc) is 3.15. The van der Waals surface area contributed by atoms with Crippen LogP contribution in [-0.4, -0.2) is 71.5 Å². The van der Waals surface area contributed by atoms with Crippen LogP contribution in [0.3, 0.4) is 0 Å². The highest BCUT2D eigenvalue weighted by Gasteiger charge is 2.27. The maximum absolute atomic E-state index is 12.4. The van der Waals surface area contributed by atoms with E-state index in [0.717, 1.165) is 69.4 Å². The third-order valence-corrected chi connectivity index (χ3v) is 5.67. The van der Waals surface area contributed by atoms with Gasteiger partial charge in [0.2, 0.25) is 5.91 Å². The molecule has 0 atom stereocenters. The zero-order valence-corrected chi connectivity index (χ0v) is 18.6. The Morgan fingerprint density at radius 1 is 0.893 bits per heavy atom. The van der Waals surface area contributed by atoms with E-state index in [4.69, 9.17) is 9.97 Å². The molecular weight excluding hydrogens is 350 g/mol. The normalized spacial score (nSPS) is 19.4. The molecule has 0 N–H and O–H groups in total. The predicted octanol–water partition coefficient (Wildman–Crippen LogP) is 2.82. The van der Waals surface area contributed by atoms with Gasteiger partial charge in [0.25, 0.3) is 0 Å². The van der Waals surface area contributed by atoms with E-state index < -0.39 is 0 Å². The molecule has 6 heteroatoms. The third kappa shape index (κ3) is 5.02. The quantitative estimate of drug-likeness (QED) is 0.798. The van der Waals surface area contributed by atoms with Crippen LogP contribution in [0.1, 0.15) is 65.9 Å². The summed E-state index contributed by atoms with van der Waals surface area (Å²) in [6.45, 7) is 19.1. The van der Waals surface area contributed by atoms with Crippen LogP contribution in [0.25, 0.3) is 0 Å². The van der Waals surface area contributed by atoms with E-state index in [1.807, 2.05) is 4.90 Å². The summed E-state index contributed by atoms with van der Waals surface area (Å²) >= 11 is 0. The molecule has 0 aromatic carbocycles. The topological polar surface area (TPSA) is 52.6 Å². The molecule has 0 aliphatic carbocycles. The molecule has 0 unspecified atom stereocenters. The van der Waals surface area contributed by atoms with Crippen LogP contribution in [0, 0.1) is 0 Å². The summed E-state index contributed by atoms with van der Waals surface area (Å²) in [4.78, 5) is 28.9. The van der Waals surface area contributed by atoms with Crippen LogP contribution in [-0.2, 0) is 15.6 Å². The van der Waals surface area contributed by atoms with Gasteiger partial charge in [-0.3, -0.25) is 9.69 Å². The number of nitrogens with zero attached hydrogens (tertiary/aromatic N) is 5. The van der Waals surface area contributed by atoms with Crippen LogP contribution in [0.4, 0.5) is 5.82 Å². The van der Waals surface area contributed by atoms with Crippen molar-refractivity contribution in [1.82, 2.24) is 19.8 Å². The Kier molecular flexibility index (Phi) is 5.99. The highest BCUT2D eigenvalue weighted by molar-refractivity contribution is 5.78. The Balaban J connectivity index is 1.68. The molecule has 2 saturated heterocycles. The number of hydrogen-bond donors (Lipinski definition) is 0. The van der Waals surface area contributed by atoms with Gasteiger partial charge in [-0.1, -0.05) is 41.5 Å². The minimum absolute atomic E-state index is 0.0122.